The van der Waals surface area contributed by atoms with Crippen LogP contribution in [0.5, 0.6) is 0 Å². The molecule has 10 nitrogen and oxygen atoms in total. The summed E-state index contributed by atoms with van der Waals surface area (Å²) in [5.41, 5.74) is 7.74. The molecule has 0 radical (unpaired) electrons. The molecular formula is C11H18N5O5PS. The average molecular weight is 363 g/mol. The molecule has 128 valence electrons. The van der Waals surface area contributed by atoms with E-state index in [0.29, 0.717) is 32.2 Å². The van der Waals surface area contributed by atoms with Crippen LogP contribution in [0.25, 0.3) is 0 Å². The van der Waals surface area contributed by atoms with E-state index >= 15 is 0 Å². The quantitative estimate of drug-likeness (QED) is 0.303. The molecule has 12 heteroatoms. The topological polar surface area (TPSA) is 124 Å². The number of hydrogen-bond acceptors (Lipinski definition) is 9. The Morgan fingerprint density at radius 3 is 2.70 bits per heavy atom. The van der Waals surface area contributed by atoms with E-state index < -0.39 is 7.60 Å². The minimum atomic E-state index is -3.59. The lowest BCUT2D eigenvalue weighted by Gasteiger charge is -2.27. The molecule has 1 fully saturated rings. The van der Waals surface area contributed by atoms with Gasteiger partial charge in [-0.15, -0.1) is 0 Å². The van der Waals surface area contributed by atoms with Gasteiger partial charge in [-0.05, 0) is 12.2 Å². The normalized spacial score (nSPS) is 16.0. The predicted molar refractivity (Wildman–Crippen MR) is 88.3 cm³/mol. The first-order valence-electron chi connectivity index (χ1n) is 6.64. The van der Waals surface area contributed by atoms with Gasteiger partial charge in [0.05, 0.1) is 13.2 Å². The SMILES string of the molecule is COP(=O)(OC)c1nc(C=NNC(N)=S)oc1N1CCOCC1. The molecular weight excluding hydrogens is 345 g/mol. The summed E-state index contributed by atoms with van der Waals surface area (Å²) in [6, 6.07) is 0. The summed E-state index contributed by atoms with van der Waals surface area (Å²) in [6.07, 6.45) is 1.27. The van der Waals surface area contributed by atoms with Crippen LogP contribution >= 0.6 is 19.8 Å². The molecule has 0 unspecified atom stereocenters. The van der Waals surface area contributed by atoms with Crippen LogP contribution in [-0.2, 0) is 18.3 Å². The van der Waals surface area contributed by atoms with Gasteiger partial charge in [0.15, 0.2) is 5.11 Å². The molecule has 1 saturated heterocycles. The largest absolute Gasteiger partial charge is 0.418 e. The third kappa shape index (κ3) is 4.27. The van der Waals surface area contributed by atoms with Crippen LogP contribution in [0.4, 0.5) is 5.88 Å². The minimum Gasteiger partial charge on any atom is -0.418 e. The Hall–Kier alpha value is -1.52. The van der Waals surface area contributed by atoms with Crippen LogP contribution in [0.1, 0.15) is 5.89 Å². The van der Waals surface area contributed by atoms with Gasteiger partial charge in [-0.2, -0.15) is 10.1 Å². The summed E-state index contributed by atoms with van der Waals surface area (Å²) in [5.74, 6) is 0.414. The van der Waals surface area contributed by atoms with E-state index in [1.165, 1.54) is 20.4 Å². The van der Waals surface area contributed by atoms with E-state index in [0.717, 1.165) is 0 Å². The van der Waals surface area contributed by atoms with E-state index in [1.54, 1.807) is 0 Å². The molecule has 0 saturated carbocycles. The maximum absolute atomic E-state index is 12.7. The molecule has 3 N–H and O–H groups in total. The smallest absolute Gasteiger partial charge is 0.384 e. The first-order chi connectivity index (χ1) is 11.0. The highest BCUT2D eigenvalue weighted by molar-refractivity contribution is 7.80. The number of oxazole rings is 1. The lowest BCUT2D eigenvalue weighted by atomic mass is 10.4. The van der Waals surface area contributed by atoms with Gasteiger partial charge in [0, 0.05) is 27.3 Å². The van der Waals surface area contributed by atoms with Gasteiger partial charge in [-0.3, -0.25) is 9.99 Å². The van der Waals surface area contributed by atoms with Crippen LogP contribution in [-0.4, -0.2) is 56.8 Å². The molecule has 0 atom stereocenters. The first kappa shape index (κ1) is 17.8. The second-order valence-electron chi connectivity index (χ2n) is 4.38. The Morgan fingerprint density at radius 2 is 2.13 bits per heavy atom. The number of ether oxygens (including phenoxy) is 1. The van der Waals surface area contributed by atoms with Crippen LogP contribution in [0, 0.1) is 0 Å². The molecule has 2 heterocycles. The Balaban J connectivity index is 2.36. The summed E-state index contributed by atoms with van der Waals surface area (Å²) in [6.45, 7) is 2.18. The van der Waals surface area contributed by atoms with Crippen LogP contribution in [0.2, 0.25) is 0 Å². The predicted octanol–water partition coefficient (Wildman–Crippen LogP) is -0.210. The van der Waals surface area contributed by atoms with Gasteiger partial charge >= 0.3 is 7.60 Å². The molecule has 23 heavy (non-hydrogen) atoms. The van der Waals surface area contributed by atoms with Crippen molar-refractivity contribution in [1.29, 1.82) is 0 Å². The molecule has 0 amide bonds. The molecule has 0 aromatic carbocycles. The second kappa shape index (κ2) is 7.84. The zero-order valence-corrected chi connectivity index (χ0v) is 14.4. The van der Waals surface area contributed by atoms with Crippen molar-refractivity contribution >= 4 is 42.5 Å². The number of aromatic nitrogens is 1. The Bertz CT molecular complexity index is 622. The van der Waals surface area contributed by atoms with Gasteiger partial charge < -0.3 is 28.8 Å². The molecule has 0 aliphatic carbocycles. The monoisotopic (exact) mass is 363 g/mol. The first-order valence-corrected chi connectivity index (χ1v) is 8.59. The van der Waals surface area contributed by atoms with Crippen molar-refractivity contribution in [2.45, 2.75) is 0 Å². The van der Waals surface area contributed by atoms with E-state index in [1.807, 2.05) is 4.90 Å². The van der Waals surface area contributed by atoms with Gasteiger partial charge in [-0.1, -0.05) is 0 Å². The number of hydrazone groups is 1. The number of nitrogens with one attached hydrogen (secondary N) is 1. The number of rotatable bonds is 6. The number of thiocarbonyl (C=S) groups is 1. The lowest BCUT2D eigenvalue weighted by Crippen LogP contribution is -2.38. The Labute approximate surface area is 138 Å². The summed E-state index contributed by atoms with van der Waals surface area (Å²) in [4.78, 5) is 6.02. The van der Waals surface area contributed by atoms with Gasteiger partial charge in [0.2, 0.25) is 17.2 Å². The summed E-state index contributed by atoms with van der Waals surface area (Å²) >= 11 is 4.64. The van der Waals surface area contributed by atoms with Gasteiger partial charge in [-0.25, -0.2) is 0 Å². The average Bonchev–Trinajstić information content (AvgIpc) is 2.99. The van der Waals surface area contributed by atoms with E-state index in [4.69, 9.17) is 23.9 Å². The second-order valence-corrected chi connectivity index (χ2v) is 6.97. The van der Waals surface area contributed by atoms with Crippen molar-refractivity contribution < 1.29 is 22.8 Å². The van der Waals surface area contributed by atoms with E-state index in [-0.39, 0.29) is 16.4 Å². The lowest BCUT2D eigenvalue weighted by molar-refractivity contribution is 0.121. The fourth-order valence-corrected chi connectivity index (χ4v) is 3.11. The third-order valence-electron chi connectivity index (χ3n) is 3.00. The minimum absolute atomic E-state index is 0.000821. The zero-order valence-electron chi connectivity index (χ0n) is 12.7. The summed E-state index contributed by atoms with van der Waals surface area (Å²) in [5, 5.41) is 3.76. The highest BCUT2D eigenvalue weighted by atomic mass is 32.1. The number of morpholine rings is 1. The van der Waals surface area contributed by atoms with Crippen molar-refractivity contribution in [1.82, 2.24) is 10.4 Å². The Morgan fingerprint density at radius 1 is 1.48 bits per heavy atom. The highest BCUT2D eigenvalue weighted by Crippen LogP contribution is 2.47. The summed E-state index contributed by atoms with van der Waals surface area (Å²) in [7, 11) is -1.02. The fraction of sp³-hybridized carbons (Fsp3) is 0.545. The van der Waals surface area contributed by atoms with Crippen LogP contribution in [0.15, 0.2) is 9.52 Å². The van der Waals surface area contributed by atoms with Crippen molar-refractivity contribution in [3.8, 4) is 0 Å². The van der Waals surface area contributed by atoms with Crippen molar-refractivity contribution in [3.63, 3.8) is 0 Å². The van der Waals surface area contributed by atoms with Crippen molar-refractivity contribution in [2.24, 2.45) is 10.8 Å². The zero-order chi connectivity index (χ0) is 16.9. The number of hydrogen-bond donors (Lipinski definition) is 2. The maximum Gasteiger partial charge on any atom is 0.384 e. The van der Waals surface area contributed by atoms with Gasteiger partial charge in [0.1, 0.15) is 6.21 Å². The molecule has 0 spiro atoms. The highest BCUT2D eigenvalue weighted by Gasteiger charge is 2.36. The number of nitrogens with zero attached hydrogens (tertiary/aromatic N) is 3. The standard InChI is InChI=1S/C11H18N5O5PS/c1-18-22(17,19-2)9-10(16-3-5-20-6-4-16)21-8(14-9)7-13-15-11(12)23/h7H,3-6H2,1-2H3,(H3,12,15,23). The third-order valence-corrected chi connectivity index (χ3v) is 4.86. The van der Waals surface area contributed by atoms with E-state index in [2.05, 4.69) is 27.7 Å². The van der Waals surface area contributed by atoms with Crippen LogP contribution in [0.3, 0.4) is 0 Å². The van der Waals surface area contributed by atoms with Crippen molar-refractivity contribution in [2.75, 3.05) is 45.4 Å². The molecule has 2 rings (SSSR count). The number of nitrogens with two attached hydrogens (primary N) is 1. The fourth-order valence-electron chi connectivity index (χ4n) is 1.92. The summed E-state index contributed by atoms with van der Waals surface area (Å²) < 4.78 is 33.6. The van der Waals surface area contributed by atoms with Crippen LogP contribution < -0.4 is 21.5 Å². The van der Waals surface area contributed by atoms with Gasteiger partial charge in [0.25, 0.3) is 0 Å². The molecule has 1 aromatic heterocycles. The number of anilines is 1. The van der Waals surface area contributed by atoms with Crippen molar-refractivity contribution in [3.05, 3.63) is 5.89 Å². The molecule has 1 aromatic rings. The molecule has 1 aliphatic rings. The Kier molecular flexibility index (Phi) is 6.08. The molecule has 1 aliphatic heterocycles. The maximum atomic E-state index is 12.7. The van der Waals surface area contributed by atoms with E-state index in [9.17, 15) is 4.57 Å². The molecule has 0 bridgehead atoms.